The van der Waals surface area contributed by atoms with Gasteiger partial charge in [-0.3, -0.25) is 0 Å². The van der Waals surface area contributed by atoms with Gasteiger partial charge >= 0.3 is 0 Å². The summed E-state index contributed by atoms with van der Waals surface area (Å²) in [6.45, 7) is -0.385. The average Bonchev–Trinajstić information content (AvgIpc) is 2.98. The summed E-state index contributed by atoms with van der Waals surface area (Å²) in [5, 5.41) is 28.8. The SMILES string of the molecule is NC1c2[nH]cnc2N=CN1[C@@H]1O[C@H](CO)[C@@H](O)[C@@H]1O. The molecule has 19 heavy (non-hydrogen) atoms. The fourth-order valence-electron chi connectivity index (χ4n) is 2.31. The van der Waals surface area contributed by atoms with Crippen LogP contribution >= 0.6 is 0 Å². The summed E-state index contributed by atoms with van der Waals surface area (Å²) in [5.74, 6) is 0.482. The molecular formula is C10H15N5O4. The molecule has 0 amide bonds. The van der Waals surface area contributed by atoms with E-state index >= 15 is 0 Å². The molecule has 0 aliphatic carbocycles. The Morgan fingerprint density at radius 3 is 2.89 bits per heavy atom. The summed E-state index contributed by atoms with van der Waals surface area (Å²) >= 11 is 0. The van der Waals surface area contributed by atoms with Gasteiger partial charge in [-0.05, 0) is 0 Å². The lowest BCUT2D eigenvalue weighted by atomic mass is 10.1. The van der Waals surface area contributed by atoms with Crippen molar-refractivity contribution in [3.05, 3.63) is 12.0 Å². The number of nitrogens with two attached hydrogens (primary N) is 1. The quantitative estimate of drug-likeness (QED) is 0.409. The normalized spacial score (nSPS) is 37.7. The summed E-state index contributed by atoms with van der Waals surface area (Å²) in [5.41, 5.74) is 6.64. The van der Waals surface area contributed by atoms with Gasteiger partial charge in [0.15, 0.2) is 12.0 Å². The van der Waals surface area contributed by atoms with E-state index in [0.717, 1.165) is 0 Å². The zero-order chi connectivity index (χ0) is 13.6. The van der Waals surface area contributed by atoms with Crippen molar-refractivity contribution in [1.29, 1.82) is 0 Å². The zero-order valence-electron chi connectivity index (χ0n) is 9.92. The van der Waals surface area contributed by atoms with Crippen LogP contribution in [0, 0.1) is 0 Å². The van der Waals surface area contributed by atoms with E-state index in [9.17, 15) is 10.2 Å². The maximum Gasteiger partial charge on any atom is 0.178 e. The summed E-state index contributed by atoms with van der Waals surface area (Å²) in [6, 6.07) is 0. The first-order chi connectivity index (χ1) is 9.13. The molecule has 1 unspecified atom stereocenters. The largest absolute Gasteiger partial charge is 0.394 e. The number of aromatic nitrogens is 2. The van der Waals surface area contributed by atoms with Crippen LogP contribution in [-0.2, 0) is 4.74 Å². The molecule has 2 aliphatic rings. The molecular weight excluding hydrogens is 254 g/mol. The number of imidazole rings is 1. The maximum atomic E-state index is 9.96. The molecule has 3 heterocycles. The summed E-state index contributed by atoms with van der Waals surface area (Å²) < 4.78 is 5.41. The number of nitrogens with one attached hydrogen (secondary N) is 1. The molecule has 6 N–H and O–H groups in total. The molecule has 5 atom stereocenters. The molecule has 1 fully saturated rings. The van der Waals surface area contributed by atoms with Crippen molar-refractivity contribution >= 4 is 12.2 Å². The predicted molar refractivity (Wildman–Crippen MR) is 63.3 cm³/mol. The van der Waals surface area contributed by atoms with Crippen molar-refractivity contribution in [2.75, 3.05) is 6.61 Å². The first-order valence-corrected chi connectivity index (χ1v) is 5.86. The lowest BCUT2D eigenvalue weighted by molar-refractivity contribution is -0.0823. The van der Waals surface area contributed by atoms with E-state index in [1.807, 2.05) is 0 Å². The second kappa shape index (κ2) is 4.54. The van der Waals surface area contributed by atoms with E-state index in [1.165, 1.54) is 17.6 Å². The molecule has 0 aromatic carbocycles. The van der Waals surface area contributed by atoms with E-state index in [4.69, 9.17) is 15.6 Å². The second-order valence-electron chi connectivity index (χ2n) is 4.51. The molecule has 1 aromatic heterocycles. The number of aliphatic hydroxyl groups excluding tert-OH is 3. The number of nitrogens with zero attached hydrogens (tertiary/aromatic N) is 3. The number of fused-ring (bicyclic) bond motifs is 1. The molecule has 0 spiro atoms. The van der Waals surface area contributed by atoms with E-state index in [-0.39, 0.29) is 6.61 Å². The van der Waals surface area contributed by atoms with Gasteiger partial charge in [0.1, 0.15) is 24.5 Å². The van der Waals surface area contributed by atoms with Crippen LogP contribution in [0.15, 0.2) is 11.3 Å². The van der Waals surface area contributed by atoms with E-state index in [1.54, 1.807) is 0 Å². The molecule has 1 saturated heterocycles. The van der Waals surface area contributed by atoms with Crippen LogP contribution in [-0.4, -0.2) is 67.7 Å². The second-order valence-corrected chi connectivity index (χ2v) is 4.51. The number of hydrogen-bond acceptors (Lipinski definition) is 8. The number of ether oxygens (including phenoxy) is 1. The van der Waals surface area contributed by atoms with Gasteiger partial charge in [0.25, 0.3) is 0 Å². The first kappa shape index (κ1) is 12.5. The Morgan fingerprint density at radius 1 is 1.42 bits per heavy atom. The Morgan fingerprint density at radius 2 is 2.21 bits per heavy atom. The lowest BCUT2D eigenvalue weighted by Crippen LogP contribution is -2.48. The van der Waals surface area contributed by atoms with Gasteiger partial charge in [-0.1, -0.05) is 0 Å². The third kappa shape index (κ3) is 1.83. The Labute approximate surface area is 108 Å². The van der Waals surface area contributed by atoms with Crippen molar-refractivity contribution < 1.29 is 20.1 Å². The van der Waals surface area contributed by atoms with Gasteiger partial charge in [-0.2, -0.15) is 0 Å². The van der Waals surface area contributed by atoms with Crippen molar-refractivity contribution in [2.45, 2.75) is 30.7 Å². The molecule has 0 saturated carbocycles. The summed E-state index contributed by atoms with van der Waals surface area (Å²) in [7, 11) is 0. The van der Waals surface area contributed by atoms with Gasteiger partial charge in [-0.15, -0.1) is 0 Å². The number of rotatable bonds is 2. The van der Waals surface area contributed by atoms with E-state index in [0.29, 0.717) is 11.5 Å². The zero-order valence-corrected chi connectivity index (χ0v) is 9.92. The van der Waals surface area contributed by atoms with Crippen LogP contribution in [0.5, 0.6) is 0 Å². The van der Waals surface area contributed by atoms with Crippen molar-refractivity contribution in [2.24, 2.45) is 10.7 Å². The molecule has 0 radical (unpaired) electrons. The topological polar surface area (TPSA) is 140 Å². The van der Waals surface area contributed by atoms with Crippen LogP contribution in [0.4, 0.5) is 5.82 Å². The van der Waals surface area contributed by atoms with Crippen LogP contribution < -0.4 is 5.73 Å². The van der Waals surface area contributed by atoms with Gasteiger partial charge < -0.3 is 35.7 Å². The fraction of sp³-hybridized carbons (Fsp3) is 0.600. The van der Waals surface area contributed by atoms with E-state index < -0.39 is 30.7 Å². The summed E-state index contributed by atoms with van der Waals surface area (Å²) in [4.78, 5) is 12.4. The van der Waals surface area contributed by atoms with Crippen molar-refractivity contribution in [3.8, 4) is 0 Å². The van der Waals surface area contributed by atoms with Crippen LogP contribution in [0.3, 0.4) is 0 Å². The predicted octanol–water partition coefficient (Wildman–Crippen LogP) is -2.22. The third-order valence-electron chi connectivity index (χ3n) is 3.39. The number of aliphatic imine (C=N–C) groups is 1. The Bertz CT molecular complexity index is 492. The van der Waals surface area contributed by atoms with Gasteiger partial charge in [0, 0.05) is 0 Å². The van der Waals surface area contributed by atoms with Crippen molar-refractivity contribution in [3.63, 3.8) is 0 Å². The highest BCUT2D eigenvalue weighted by Gasteiger charge is 2.47. The monoisotopic (exact) mass is 269 g/mol. The standard InChI is InChI=1S/C10H15N5O4/c11-8-5-9(13-2-12-5)14-3-15(8)10-7(18)6(17)4(1-16)19-10/h2-4,6-8,10,16-18H,1,11H2,(H,12,13)/t4-,6-,7+,8?,10-/m1/s1. The van der Waals surface area contributed by atoms with Crippen LogP contribution in [0.2, 0.25) is 0 Å². The van der Waals surface area contributed by atoms with Gasteiger partial charge in [-0.25, -0.2) is 9.98 Å². The molecule has 3 rings (SSSR count). The lowest BCUT2D eigenvalue weighted by Gasteiger charge is -2.34. The highest BCUT2D eigenvalue weighted by molar-refractivity contribution is 5.65. The highest BCUT2D eigenvalue weighted by Crippen LogP contribution is 2.32. The molecule has 9 nitrogen and oxygen atoms in total. The summed E-state index contributed by atoms with van der Waals surface area (Å²) in [6.07, 6.45) is -1.81. The smallest absolute Gasteiger partial charge is 0.178 e. The van der Waals surface area contributed by atoms with E-state index in [2.05, 4.69) is 15.0 Å². The average molecular weight is 269 g/mol. The molecule has 1 aromatic rings. The number of aromatic amines is 1. The Hall–Kier alpha value is -1.52. The minimum absolute atomic E-state index is 0.385. The third-order valence-corrected chi connectivity index (χ3v) is 3.39. The first-order valence-electron chi connectivity index (χ1n) is 5.86. The molecule has 104 valence electrons. The Balaban J connectivity index is 1.84. The van der Waals surface area contributed by atoms with Crippen LogP contribution in [0.25, 0.3) is 0 Å². The maximum absolute atomic E-state index is 9.96. The number of hydrogen-bond donors (Lipinski definition) is 5. The van der Waals surface area contributed by atoms with Gasteiger partial charge in [0.05, 0.1) is 25.0 Å². The highest BCUT2D eigenvalue weighted by atomic mass is 16.6. The molecule has 9 heteroatoms. The van der Waals surface area contributed by atoms with Crippen molar-refractivity contribution in [1.82, 2.24) is 14.9 Å². The van der Waals surface area contributed by atoms with Gasteiger partial charge in [0.2, 0.25) is 0 Å². The molecule has 2 aliphatic heterocycles. The minimum atomic E-state index is -1.18. The number of H-pyrrole nitrogens is 1. The minimum Gasteiger partial charge on any atom is -0.394 e. The number of aliphatic hydroxyl groups is 3. The fourth-order valence-corrected chi connectivity index (χ4v) is 2.31. The Kier molecular flexibility index (Phi) is 2.99. The molecule has 0 bridgehead atoms. The van der Waals surface area contributed by atoms with Crippen LogP contribution in [0.1, 0.15) is 11.9 Å².